The number of hydrogen-bond donors (Lipinski definition) is 1. The number of methoxy groups -OCH3 is 1. The molecule has 6 nitrogen and oxygen atoms in total. The molecule has 0 aromatic heterocycles. The third kappa shape index (κ3) is 7.99. The molecule has 1 aromatic rings. The fourth-order valence-corrected chi connectivity index (χ4v) is 3.99. The van der Waals surface area contributed by atoms with Crippen LogP contribution >= 0.6 is 0 Å². The van der Waals surface area contributed by atoms with Crippen LogP contribution in [0.4, 0.5) is 0 Å². The summed E-state index contributed by atoms with van der Waals surface area (Å²) in [6.45, 7) is 6.83. The molecule has 0 radical (unpaired) electrons. The van der Waals surface area contributed by atoms with Crippen LogP contribution < -0.4 is 5.32 Å². The predicted octanol–water partition coefficient (Wildman–Crippen LogP) is 2.28. The number of nitrogens with one attached hydrogen (secondary N) is 1. The molecule has 2 rings (SSSR count). The average molecular weight is 396 g/mol. The maximum absolute atomic E-state index is 12.3. The molecular weight excluding hydrogens is 362 g/mol. The summed E-state index contributed by atoms with van der Waals surface area (Å²) in [5.41, 5.74) is 0. The van der Waals surface area contributed by atoms with Gasteiger partial charge in [-0.1, -0.05) is 18.2 Å². The molecule has 1 aliphatic rings. The smallest absolute Gasteiger partial charge is 0.193 e. The maximum atomic E-state index is 12.3. The number of rotatable bonds is 10. The van der Waals surface area contributed by atoms with Gasteiger partial charge < -0.3 is 19.7 Å². The van der Waals surface area contributed by atoms with Crippen LogP contribution in [0.5, 0.6) is 0 Å². The number of likely N-dealkylation sites (tertiary alicyclic amines) is 1. The highest BCUT2D eigenvalue weighted by Gasteiger charge is 2.21. The first-order chi connectivity index (χ1) is 13.2. The molecule has 1 aromatic carbocycles. The fourth-order valence-electron chi connectivity index (χ4n) is 3.04. The van der Waals surface area contributed by atoms with E-state index in [4.69, 9.17) is 14.5 Å². The zero-order valence-electron chi connectivity index (χ0n) is 16.6. The summed E-state index contributed by atoms with van der Waals surface area (Å²) in [6, 6.07) is 9.59. The normalized spacial score (nSPS) is 17.1. The Morgan fingerprint density at radius 1 is 1.26 bits per heavy atom. The van der Waals surface area contributed by atoms with E-state index in [1.54, 1.807) is 7.11 Å². The van der Waals surface area contributed by atoms with Crippen molar-refractivity contribution >= 4 is 16.8 Å². The minimum atomic E-state index is -1.00. The Balaban J connectivity index is 1.77. The highest BCUT2D eigenvalue weighted by molar-refractivity contribution is 7.85. The van der Waals surface area contributed by atoms with Gasteiger partial charge >= 0.3 is 0 Å². The van der Waals surface area contributed by atoms with Gasteiger partial charge in [0.15, 0.2) is 5.96 Å². The van der Waals surface area contributed by atoms with Crippen molar-refractivity contribution in [3.8, 4) is 0 Å². The minimum Gasteiger partial charge on any atom is -0.385 e. The van der Waals surface area contributed by atoms with Gasteiger partial charge in [0.1, 0.15) is 0 Å². The second-order valence-electron chi connectivity index (χ2n) is 6.50. The second kappa shape index (κ2) is 12.9. The molecule has 0 aliphatic carbocycles. The number of piperidine rings is 1. The van der Waals surface area contributed by atoms with Crippen LogP contribution in [0.2, 0.25) is 0 Å². The Morgan fingerprint density at radius 2 is 2.00 bits per heavy atom. The molecule has 0 amide bonds. The van der Waals surface area contributed by atoms with E-state index in [-0.39, 0.29) is 0 Å². The molecule has 27 heavy (non-hydrogen) atoms. The monoisotopic (exact) mass is 395 g/mol. The van der Waals surface area contributed by atoms with Crippen LogP contribution in [0.1, 0.15) is 26.2 Å². The van der Waals surface area contributed by atoms with E-state index in [1.165, 1.54) is 0 Å². The highest BCUT2D eigenvalue weighted by Crippen LogP contribution is 2.14. The summed E-state index contributed by atoms with van der Waals surface area (Å²) in [4.78, 5) is 7.84. The Hall–Kier alpha value is -1.44. The summed E-state index contributed by atoms with van der Waals surface area (Å²) < 4.78 is 23.3. The molecule has 7 heteroatoms. The lowest BCUT2D eigenvalue weighted by molar-refractivity contribution is 0.00991. The molecule has 1 heterocycles. The molecule has 152 valence electrons. The number of benzene rings is 1. The van der Waals surface area contributed by atoms with Crippen LogP contribution in [0.15, 0.2) is 40.2 Å². The SMILES string of the molecule is CCNC(=NCCS(=O)c1ccccc1)N1CCC(OCCCOC)CC1. The molecule has 0 spiro atoms. The van der Waals surface area contributed by atoms with Gasteiger partial charge in [0.25, 0.3) is 0 Å². The maximum Gasteiger partial charge on any atom is 0.193 e. The van der Waals surface area contributed by atoms with E-state index in [0.29, 0.717) is 18.4 Å². The first-order valence-corrected chi connectivity index (χ1v) is 11.1. The standard InChI is InChI=1S/C20H33N3O3S/c1-3-21-20(22-12-17-27(24)19-8-5-4-6-9-19)23-13-10-18(11-14-23)26-16-7-15-25-2/h4-6,8-9,18H,3,7,10-17H2,1-2H3,(H,21,22). The van der Waals surface area contributed by atoms with E-state index in [9.17, 15) is 4.21 Å². The number of aliphatic imine (C=N–C) groups is 1. The van der Waals surface area contributed by atoms with Crippen LogP contribution in [0.25, 0.3) is 0 Å². The number of ether oxygens (including phenoxy) is 2. The zero-order valence-corrected chi connectivity index (χ0v) is 17.4. The molecule has 1 fully saturated rings. The number of hydrogen-bond acceptors (Lipinski definition) is 4. The van der Waals surface area contributed by atoms with E-state index in [1.807, 2.05) is 30.3 Å². The van der Waals surface area contributed by atoms with Gasteiger partial charge in [0, 0.05) is 50.6 Å². The third-order valence-corrected chi connectivity index (χ3v) is 5.82. The van der Waals surface area contributed by atoms with Gasteiger partial charge in [-0.2, -0.15) is 0 Å². The zero-order chi connectivity index (χ0) is 19.3. The molecule has 1 unspecified atom stereocenters. The van der Waals surface area contributed by atoms with Crippen LogP contribution in [-0.2, 0) is 20.3 Å². The van der Waals surface area contributed by atoms with Crippen LogP contribution in [-0.4, -0.2) is 73.4 Å². The lowest BCUT2D eigenvalue weighted by Gasteiger charge is -2.34. The van der Waals surface area contributed by atoms with Crippen molar-refractivity contribution in [2.75, 3.05) is 52.3 Å². The Bertz CT molecular complexity index is 575. The van der Waals surface area contributed by atoms with E-state index >= 15 is 0 Å². The van der Waals surface area contributed by atoms with Gasteiger partial charge in [-0.3, -0.25) is 9.20 Å². The predicted molar refractivity (Wildman–Crippen MR) is 111 cm³/mol. The average Bonchev–Trinajstić information content (AvgIpc) is 2.71. The molecule has 0 saturated carbocycles. The van der Waals surface area contributed by atoms with Crippen molar-refractivity contribution in [1.82, 2.24) is 10.2 Å². The Labute approximate surface area is 165 Å². The summed E-state index contributed by atoms with van der Waals surface area (Å²) in [5, 5.41) is 3.36. The van der Waals surface area contributed by atoms with E-state index < -0.39 is 10.8 Å². The van der Waals surface area contributed by atoms with E-state index in [2.05, 4.69) is 17.1 Å². The summed E-state index contributed by atoms with van der Waals surface area (Å²) in [7, 11) is 0.714. The summed E-state index contributed by atoms with van der Waals surface area (Å²) in [5.74, 6) is 1.46. The van der Waals surface area contributed by atoms with Gasteiger partial charge in [-0.25, -0.2) is 0 Å². The van der Waals surface area contributed by atoms with Gasteiger partial charge in [-0.05, 0) is 38.3 Å². The third-order valence-electron chi connectivity index (χ3n) is 4.47. The van der Waals surface area contributed by atoms with Crippen molar-refractivity contribution in [3.63, 3.8) is 0 Å². The van der Waals surface area contributed by atoms with Crippen LogP contribution in [0, 0.1) is 0 Å². The topological polar surface area (TPSA) is 63.2 Å². The summed E-state index contributed by atoms with van der Waals surface area (Å²) >= 11 is 0. The molecular formula is C20H33N3O3S. The van der Waals surface area contributed by atoms with E-state index in [0.717, 1.165) is 63.0 Å². The minimum absolute atomic E-state index is 0.326. The fraction of sp³-hybridized carbons (Fsp3) is 0.650. The molecule has 1 aliphatic heterocycles. The van der Waals surface area contributed by atoms with Gasteiger partial charge in [-0.15, -0.1) is 0 Å². The van der Waals surface area contributed by atoms with Crippen LogP contribution in [0.3, 0.4) is 0 Å². The molecule has 1 atom stereocenters. The quantitative estimate of drug-likeness (QED) is 0.374. The number of nitrogens with zero attached hydrogens (tertiary/aromatic N) is 2. The van der Waals surface area contributed by atoms with Crippen molar-refractivity contribution in [1.29, 1.82) is 0 Å². The lowest BCUT2D eigenvalue weighted by Crippen LogP contribution is -2.47. The first-order valence-electron chi connectivity index (χ1n) is 9.81. The Kier molecular flexibility index (Phi) is 10.4. The summed E-state index contributed by atoms with van der Waals surface area (Å²) in [6.07, 6.45) is 3.28. The lowest BCUT2D eigenvalue weighted by atomic mass is 10.1. The molecule has 1 saturated heterocycles. The number of guanidine groups is 1. The van der Waals surface area contributed by atoms with Crippen molar-refractivity contribution < 1.29 is 13.7 Å². The van der Waals surface area contributed by atoms with Crippen molar-refractivity contribution in [3.05, 3.63) is 30.3 Å². The Morgan fingerprint density at radius 3 is 2.67 bits per heavy atom. The van der Waals surface area contributed by atoms with Crippen molar-refractivity contribution in [2.24, 2.45) is 4.99 Å². The first kappa shape index (κ1) is 21.9. The molecule has 1 N–H and O–H groups in total. The molecule has 0 bridgehead atoms. The van der Waals surface area contributed by atoms with Gasteiger partial charge in [0.2, 0.25) is 0 Å². The van der Waals surface area contributed by atoms with Gasteiger partial charge in [0.05, 0.1) is 23.4 Å². The largest absolute Gasteiger partial charge is 0.385 e. The van der Waals surface area contributed by atoms with Crippen molar-refractivity contribution in [2.45, 2.75) is 37.2 Å². The highest BCUT2D eigenvalue weighted by atomic mass is 32.2. The second-order valence-corrected chi connectivity index (χ2v) is 8.07.